The van der Waals surface area contributed by atoms with Crippen molar-refractivity contribution in [1.82, 2.24) is 0 Å². The number of rotatable bonds is 2. The summed E-state index contributed by atoms with van der Waals surface area (Å²) in [7, 11) is -3.13. The van der Waals surface area contributed by atoms with Gasteiger partial charge in [-0.3, -0.25) is 4.79 Å². The predicted molar refractivity (Wildman–Crippen MR) is 94.7 cm³/mol. The Hall–Kier alpha value is -1.41. The lowest BCUT2D eigenvalue weighted by Gasteiger charge is -2.24. The van der Waals surface area contributed by atoms with Crippen molar-refractivity contribution < 1.29 is 17.6 Å². The number of fused-ring (bicyclic) bond motifs is 1. The molecule has 1 aromatic carbocycles. The molecule has 0 bridgehead atoms. The highest BCUT2D eigenvalue weighted by Crippen LogP contribution is 2.41. The molecule has 2 atom stereocenters. The van der Waals surface area contributed by atoms with Crippen LogP contribution in [0.5, 0.6) is 0 Å². The molecule has 8 heteroatoms. The van der Waals surface area contributed by atoms with Gasteiger partial charge >= 0.3 is 0 Å². The van der Waals surface area contributed by atoms with Crippen molar-refractivity contribution in [1.29, 1.82) is 0 Å². The van der Waals surface area contributed by atoms with Crippen LogP contribution in [-0.2, 0) is 14.6 Å². The van der Waals surface area contributed by atoms with E-state index in [1.165, 1.54) is 17.8 Å². The number of sulfone groups is 1. The molecule has 3 rings (SSSR count). The topological polar surface area (TPSA) is 66.8 Å². The number of nitrogens with zero attached hydrogens (tertiary/aromatic N) is 2. The Morgan fingerprint density at radius 3 is 2.71 bits per heavy atom. The van der Waals surface area contributed by atoms with E-state index in [4.69, 9.17) is 0 Å². The number of carbonyl (C=O) groups is 1. The van der Waals surface area contributed by atoms with E-state index in [-0.39, 0.29) is 40.4 Å². The maximum atomic E-state index is 14.0. The Balaban J connectivity index is 2.04. The fraction of sp³-hybridized carbons (Fsp3) is 0.500. The summed E-state index contributed by atoms with van der Waals surface area (Å²) < 4.78 is 37.9. The largest absolute Gasteiger partial charge is 0.315 e. The lowest BCUT2D eigenvalue weighted by atomic mass is 10.1. The number of hydrogen-bond donors (Lipinski definition) is 0. The molecule has 2 aliphatic rings. The molecule has 0 unspecified atom stereocenters. The van der Waals surface area contributed by atoms with Gasteiger partial charge in [-0.05, 0) is 24.6 Å². The van der Waals surface area contributed by atoms with Gasteiger partial charge in [0.05, 0.1) is 17.5 Å². The lowest BCUT2D eigenvalue weighted by molar-refractivity contribution is -0.120. The van der Waals surface area contributed by atoms with Gasteiger partial charge in [0.15, 0.2) is 15.0 Å². The van der Waals surface area contributed by atoms with Crippen LogP contribution in [0.4, 0.5) is 10.1 Å². The van der Waals surface area contributed by atoms with Crippen LogP contribution in [0.15, 0.2) is 23.2 Å². The van der Waals surface area contributed by atoms with Crippen LogP contribution in [-0.4, -0.2) is 42.3 Å². The van der Waals surface area contributed by atoms with Crippen LogP contribution in [0.3, 0.4) is 0 Å². The number of amidine groups is 1. The smallest absolute Gasteiger partial charge is 0.250 e. The van der Waals surface area contributed by atoms with Crippen LogP contribution >= 0.6 is 11.8 Å². The molecule has 1 aromatic rings. The summed E-state index contributed by atoms with van der Waals surface area (Å²) in [6, 6.07) is 4.44. The molecule has 2 fully saturated rings. The minimum Gasteiger partial charge on any atom is -0.315 e. The van der Waals surface area contributed by atoms with Crippen LogP contribution in [0, 0.1) is 18.7 Å². The van der Waals surface area contributed by atoms with E-state index >= 15 is 0 Å². The molecule has 2 aliphatic heterocycles. The Labute approximate surface area is 145 Å². The van der Waals surface area contributed by atoms with Gasteiger partial charge in [-0.1, -0.05) is 31.7 Å². The molecule has 0 aromatic heterocycles. The number of hydrogen-bond acceptors (Lipinski definition) is 4. The molecular weight excluding hydrogens is 351 g/mol. The zero-order chi connectivity index (χ0) is 17.6. The molecule has 1 amide bonds. The van der Waals surface area contributed by atoms with Gasteiger partial charge in [0, 0.05) is 16.9 Å². The highest BCUT2D eigenvalue weighted by molar-refractivity contribution is 8.16. The summed E-state index contributed by atoms with van der Waals surface area (Å²) in [4.78, 5) is 17.9. The summed E-state index contributed by atoms with van der Waals surface area (Å²) in [5.41, 5.74) is 1.04. The molecule has 0 spiro atoms. The van der Waals surface area contributed by atoms with Crippen molar-refractivity contribution in [2.24, 2.45) is 10.9 Å². The zero-order valence-corrected chi connectivity index (χ0v) is 15.3. The number of aryl methyl sites for hydroxylation is 1. The molecule has 2 saturated heterocycles. The molecule has 24 heavy (non-hydrogen) atoms. The second-order valence-electron chi connectivity index (χ2n) is 6.49. The SMILES string of the molecule is Cc1ccc(N2C(=NC(=O)C(C)C)S[C@H]3CS(=O)(=O)C[C@@H]32)cc1F. The van der Waals surface area contributed by atoms with Crippen LogP contribution < -0.4 is 4.90 Å². The first-order valence-corrected chi connectivity index (χ1v) is 10.4. The van der Waals surface area contributed by atoms with E-state index in [1.54, 1.807) is 37.8 Å². The number of aliphatic imine (C=N–C) groups is 1. The third-order valence-corrected chi connectivity index (χ3v) is 7.41. The van der Waals surface area contributed by atoms with Crippen molar-refractivity contribution in [3.05, 3.63) is 29.6 Å². The van der Waals surface area contributed by atoms with Gasteiger partial charge < -0.3 is 4.90 Å². The lowest BCUT2D eigenvalue weighted by Crippen LogP contribution is -2.38. The second-order valence-corrected chi connectivity index (χ2v) is 9.85. The predicted octanol–water partition coefficient (Wildman–Crippen LogP) is 2.39. The van der Waals surface area contributed by atoms with Gasteiger partial charge in [-0.15, -0.1) is 0 Å². The maximum Gasteiger partial charge on any atom is 0.250 e. The Morgan fingerprint density at radius 1 is 1.38 bits per heavy atom. The summed E-state index contributed by atoms with van der Waals surface area (Å²) in [6.07, 6.45) is 0. The number of amides is 1. The normalized spacial score (nSPS) is 27.0. The van der Waals surface area contributed by atoms with Gasteiger partial charge in [0.2, 0.25) is 0 Å². The van der Waals surface area contributed by atoms with E-state index in [0.29, 0.717) is 16.4 Å². The first-order chi connectivity index (χ1) is 11.2. The van der Waals surface area contributed by atoms with E-state index in [2.05, 4.69) is 4.99 Å². The van der Waals surface area contributed by atoms with Crippen molar-refractivity contribution in [2.75, 3.05) is 16.4 Å². The average Bonchev–Trinajstić information content (AvgIpc) is 2.93. The van der Waals surface area contributed by atoms with Crippen LogP contribution in [0.1, 0.15) is 19.4 Å². The number of carbonyl (C=O) groups excluding carboxylic acids is 1. The number of halogens is 1. The number of thioether (sulfide) groups is 1. The van der Waals surface area contributed by atoms with Gasteiger partial charge in [0.1, 0.15) is 5.82 Å². The van der Waals surface area contributed by atoms with Gasteiger partial charge in [-0.25, -0.2) is 12.8 Å². The summed E-state index contributed by atoms with van der Waals surface area (Å²) in [5.74, 6) is -0.829. The third kappa shape index (κ3) is 3.21. The fourth-order valence-corrected chi connectivity index (χ4v) is 6.74. The molecule has 0 aliphatic carbocycles. The summed E-state index contributed by atoms with van der Waals surface area (Å²) in [5, 5.41) is 0.278. The standard InChI is InChI=1S/C16H19FN2O3S2/c1-9(2)15(20)18-16-19(11-5-4-10(3)12(17)6-11)13-7-24(21,22)8-14(13)23-16/h4-6,9,13-14H,7-8H2,1-3H3/t13-,14-/m0/s1. The van der Waals surface area contributed by atoms with Gasteiger partial charge in [-0.2, -0.15) is 4.99 Å². The molecular formula is C16H19FN2O3S2. The third-order valence-electron chi connectivity index (χ3n) is 4.20. The molecule has 130 valence electrons. The maximum absolute atomic E-state index is 14.0. The number of anilines is 1. The zero-order valence-electron chi connectivity index (χ0n) is 13.7. The minimum atomic E-state index is -3.13. The van der Waals surface area contributed by atoms with Crippen LogP contribution in [0.2, 0.25) is 0 Å². The summed E-state index contributed by atoms with van der Waals surface area (Å²) >= 11 is 1.30. The minimum absolute atomic E-state index is 0.00491. The van der Waals surface area contributed by atoms with Crippen molar-refractivity contribution in [2.45, 2.75) is 32.1 Å². The number of benzene rings is 1. The van der Waals surface area contributed by atoms with Crippen molar-refractivity contribution >= 4 is 38.4 Å². The molecule has 2 heterocycles. The van der Waals surface area contributed by atoms with E-state index in [1.807, 2.05) is 0 Å². The van der Waals surface area contributed by atoms with Crippen LogP contribution in [0.25, 0.3) is 0 Å². The Kier molecular flexibility index (Phi) is 4.46. The van der Waals surface area contributed by atoms with Crippen molar-refractivity contribution in [3.63, 3.8) is 0 Å². The first kappa shape index (κ1) is 17.4. The Bertz CT molecular complexity index is 821. The van der Waals surface area contributed by atoms with E-state index in [9.17, 15) is 17.6 Å². The Morgan fingerprint density at radius 2 is 2.08 bits per heavy atom. The highest BCUT2D eigenvalue weighted by atomic mass is 32.2. The molecule has 0 radical (unpaired) electrons. The highest BCUT2D eigenvalue weighted by Gasteiger charge is 2.49. The van der Waals surface area contributed by atoms with E-state index < -0.39 is 9.84 Å². The molecule has 0 N–H and O–H groups in total. The van der Waals surface area contributed by atoms with Crippen molar-refractivity contribution in [3.8, 4) is 0 Å². The van der Waals surface area contributed by atoms with Gasteiger partial charge in [0.25, 0.3) is 5.91 Å². The van der Waals surface area contributed by atoms with E-state index in [0.717, 1.165) is 0 Å². The average molecular weight is 370 g/mol. The molecule has 0 saturated carbocycles. The summed E-state index contributed by atoms with van der Waals surface area (Å²) in [6.45, 7) is 5.18. The monoisotopic (exact) mass is 370 g/mol. The first-order valence-electron chi connectivity index (χ1n) is 7.73. The molecule has 5 nitrogen and oxygen atoms in total. The second kappa shape index (κ2) is 6.15. The fourth-order valence-electron chi connectivity index (χ4n) is 2.82. The quantitative estimate of drug-likeness (QED) is 0.800.